The number of ether oxygens (including phenoxy) is 2. The Morgan fingerprint density at radius 3 is 1.30 bits per heavy atom. The first-order valence-electron chi connectivity index (χ1n) is 4.46. The van der Waals surface area contributed by atoms with Crippen molar-refractivity contribution in [1.29, 1.82) is 0 Å². The van der Waals surface area contributed by atoms with E-state index in [1.54, 1.807) is 4.74 Å². The minimum absolute atomic E-state index is 1.51. The first kappa shape index (κ1) is 21.7. The molecule has 0 saturated carbocycles. The Hall–Kier alpha value is -1.32. The molecule has 138 valence electrons. The first-order valence-corrected chi connectivity index (χ1v) is 4.46. The van der Waals surface area contributed by atoms with Crippen LogP contribution < -0.4 is 0 Å². The van der Waals surface area contributed by atoms with E-state index in [0.717, 1.165) is 0 Å². The minimum Gasteiger partial charge on any atom is -0.224 e. The van der Waals surface area contributed by atoms with Crippen LogP contribution in [0.25, 0.3) is 0 Å². The zero-order chi connectivity index (χ0) is 19.1. The highest BCUT2D eigenvalue weighted by Gasteiger charge is 2.77. The lowest BCUT2D eigenvalue weighted by Crippen LogP contribution is -2.56. The molecule has 0 radical (unpaired) electrons. The molecule has 23 heavy (non-hydrogen) atoms. The highest BCUT2D eigenvalue weighted by atomic mass is 19.4. The predicted molar refractivity (Wildman–Crippen MR) is 38.4 cm³/mol. The molecule has 0 aromatic carbocycles. The lowest BCUT2D eigenvalue weighted by Gasteiger charge is -2.30. The van der Waals surface area contributed by atoms with Gasteiger partial charge in [-0.1, -0.05) is 0 Å². The molecule has 0 aromatic heterocycles. The molecule has 0 heterocycles. The summed E-state index contributed by atoms with van der Waals surface area (Å²) in [5.74, 6) is -11.4. The smallest absolute Gasteiger partial charge is 0.224 e. The molecule has 0 rings (SSSR count). The Morgan fingerprint density at radius 2 is 1.00 bits per heavy atom. The van der Waals surface area contributed by atoms with Gasteiger partial charge in [-0.2, -0.15) is 52.7 Å². The van der Waals surface area contributed by atoms with Crippen LogP contribution >= 0.6 is 0 Å². The summed E-state index contributed by atoms with van der Waals surface area (Å²) in [5, 5.41) is 0. The second kappa shape index (κ2) is 5.95. The lowest BCUT2D eigenvalue weighted by atomic mass is 10.3. The number of hydrogen-bond acceptors (Lipinski definition) is 2. The summed E-state index contributed by atoms with van der Waals surface area (Å²) in [4.78, 5) is 0. The average molecular weight is 382 g/mol. The highest BCUT2D eigenvalue weighted by Crippen LogP contribution is 2.50. The molecule has 0 unspecified atom stereocenters. The predicted octanol–water partition coefficient (Wildman–Crippen LogP) is 5.03. The van der Waals surface area contributed by atoms with Gasteiger partial charge in [0.2, 0.25) is 0 Å². The summed E-state index contributed by atoms with van der Waals surface area (Å²) in [6, 6.07) is 0. The van der Waals surface area contributed by atoms with Crippen molar-refractivity contribution in [2.24, 2.45) is 0 Å². The van der Waals surface area contributed by atoms with Crippen LogP contribution in [0.1, 0.15) is 0 Å². The highest BCUT2D eigenvalue weighted by molar-refractivity contribution is 5.00. The Kier molecular flexibility index (Phi) is 5.61. The van der Waals surface area contributed by atoms with Crippen molar-refractivity contribution in [3.05, 3.63) is 11.9 Å². The number of halogens is 14. The van der Waals surface area contributed by atoms with Crippen LogP contribution in [0.5, 0.6) is 0 Å². The second-order valence-electron chi connectivity index (χ2n) is 3.35. The van der Waals surface area contributed by atoms with Crippen molar-refractivity contribution in [3.63, 3.8) is 0 Å². The topological polar surface area (TPSA) is 18.5 Å². The van der Waals surface area contributed by atoms with Gasteiger partial charge in [-0.3, -0.25) is 0 Å². The number of hydrogen-bond donors (Lipinski definition) is 0. The van der Waals surface area contributed by atoms with Gasteiger partial charge in [-0.15, -0.1) is 8.78 Å². The van der Waals surface area contributed by atoms with Crippen molar-refractivity contribution in [2.45, 2.75) is 30.6 Å². The third kappa shape index (κ3) is 4.82. The molecule has 0 amide bonds. The van der Waals surface area contributed by atoms with Crippen molar-refractivity contribution in [3.8, 4) is 0 Å². The number of rotatable bonds is 6. The van der Waals surface area contributed by atoms with E-state index in [9.17, 15) is 61.5 Å². The van der Waals surface area contributed by atoms with Crippen LogP contribution in [0.3, 0.4) is 0 Å². The monoisotopic (exact) mass is 382 g/mol. The fourth-order valence-corrected chi connectivity index (χ4v) is 0.703. The molecule has 0 N–H and O–H groups in total. The first-order chi connectivity index (χ1) is 9.77. The van der Waals surface area contributed by atoms with E-state index in [4.69, 9.17) is 0 Å². The van der Waals surface area contributed by atoms with E-state index in [0.29, 0.717) is 0 Å². The number of alkyl halides is 11. The van der Waals surface area contributed by atoms with E-state index in [1.165, 1.54) is 4.74 Å². The quantitative estimate of drug-likeness (QED) is 0.474. The average Bonchev–Trinajstić information content (AvgIpc) is 2.22. The molecule has 0 aliphatic rings. The Bertz CT molecular complexity index is 458. The van der Waals surface area contributed by atoms with Crippen molar-refractivity contribution >= 4 is 0 Å². The summed E-state index contributed by atoms with van der Waals surface area (Å²) in [6.07, 6.45) is -31.4. The third-order valence-corrected chi connectivity index (χ3v) is 1.64. The van der Waals surface area contributed by atoms with Gasteiger partial charge in [0.25, 0.3) is 5.83 Å². The van der Waals surface area contributed by atoms with Gasteiger partial charge in [0, 0.05) is 0 Å². The molecule has 0 aromatic rings. The lowest BCUT2D eigenvalue weighted by molar-refractivity contribution is -0.543. The van der Waals surface area contributed by atoms with Crippen LogP contribution in [-0.2, 0) is 9.47 Å². The molecule has 0 fully saturated rings. The van der Waals surface area contributed by atoms with Crippen LogP contribution in [0.15, 0.2) is 11.9 Å². The van der Waals surface area contributed by atoms with Crippen molar-refractivity contribution in [1.82, 2.24) is 0 Å². The molecule has 0 atom stereocenters. The molecule has 16 heteroatoms. The third-order valence-electron chi connectivity index (χ3n) is 1.64. The van der Waals surface area contributed by atoms with Gasteiger partial charge in [0.1, 0.15) is 0 Å². The Balaban J connectivity index is 5.46. The standard InChI is InChI=1S/C7F14O2/c8-1(2(9)10)3(11,12)22-7(20,21)23-6(18,19)4(13,14)5(15,16)17. The maximum Gasteiger partial charge on any atom is 0.495 e. The van der Waals surface area contributed by atoms with Crippen LogP contribution in [0.2, 0.25) is 0 Å². The molecule has 0 bridgehead atoms. The van der Waals surface area contributed by atoms with E-state index in [-0.39, 0.29) is 0 Å². The molecule has 0 spiro atoms. The van der Waals surface area contributed by atoms with Gasteiger partial charge in [-0.05, 0) is 0 Å². The Morgan fingerprint density at radius 1 is 0.609 bits per heavy atom. The van der Waals surface area contributed by atoms with E-state index in [1.807, 2.05) is 0 Å². The molecule has 0 aliphatic heterocycles. The fourth-order valence-electron chi connectivity index (χ4n) is 0.703. The normalized spacial score (nSPS) is 14.9. The zero-order valence-electron chi connectivity index (χ0n) is 9.61. The van der Waals surface area contributed by atoms with Crippen LogP contribution in [0, 0.1) is 0 Å². The van der Waals surface area contributed by atoms with E-state index in [2.05, 4.69) is 0 Å². The van der Waals surface area contributed by atoms with Crippen LogP contribution in [-0.4, -0.2) is 30.6 Å². The summed E-state index contributed by atoms with van der Waals surface area (Å²) < 4.78 is 171. The summed E-state index contributed by atoms with van der Waals surface area (Å²) in [5.41, 5.74) is 0. The SMILES string of the molecule is FC(F)=C(F)C(F)(F)OC(F)(F)OC(F)(F)C(F)(F)C(F)(F)F. The fraction of sp³-hybridized carbons (Fsp3) is 0.714. The maximum atomic E-state index is 12.4. The van der Waals surface area contributed by atoms with Gasteiger partial charge in [0.15, 0.2) is 0 Å². The molecular weight excluding hydrogens is 382 g/mol. The van der Waals surface area contributed by atoms with Gasteiger partial charge in [0.05, 0.1) is 0 Å². The molecule has 0 aliphatic carbocycles. The summed E-state index contributed by atoms with van der Waals surface area (Å²) >= 11 is 0. The second-order valence-corrected chi connectivity index (χ2v) is 3.35. The van der Waals surface area contributed by atoms with Crippen LogP contribution in [0.4, 0.5) is 61.5 Å². The molecular formula is C7F14O2. The van der Waals surface area contributed by atoms with Gasteiger partial charge in [-0.25, -0.2) is 9.47 Å². The largest absolute Gasteiger partial charge is 0.495 e. The molecule has 0 saturated heterocycles. The van der Waals surface area contributed by atoms with E-state index < -0.39 is 42.5 Å². The van der Waals surface area contributed by atoms with Gasteiger partial charge >= 0.3 is 36.7 Å². The van der Waals surface area contributed by atoms with E-state index >= 15 is 0 Å². The van der Waals surface area contributed by atoms with Crippen molar-refractivity contribution < 1.29 is 70.9 Å². The molecule has 2 nitrogen and oxygen atoms in total. The zero-order valence-corrected chi connectivity index (χ0v) is 9.61. The van der Waals surface area contributed by atoms with Gasteiger partial charge < -0.3 is 0 Å². The summed E-state index contributed by atoms with van der Waals surface area (Å²) in [6.45, 7) is 0. The minimum atomic E-state index is -7.32. The maximum absolute atomic E-state index is 12.4. The summed E-state index contributed by atoms with van der Waals surface area (Å²) in [7, 11) is 0. The Labute approximate surface area is 115 Å². The van der Waals surface area contributed by atoms with Crippen molar-refractivity contribution in [2.75, 3.05) is 0 Å².